The summed E-state index contributed by atoms with van der Waals surface area (Å²) in [5, 5.41) is 5.98. The molecule has 0 radical (unpaired) electrons. The number of nitrogens with one attached hydrogen (secondary N) is 2. The van der Waals surface area contributed by atoms with Gasteiger partial charge >= 0.3 is 0 Å². The van der Waals surface area contributed by atoms with Crippen LogP contribution in [0.4, 0.5) is 11.4 Å². The van der Waals surface area contributed by atoms with Crippen LogP contribution >= 0.6 is 0 Å². The zero-order valence-corrected chi connectivity index (χ0v) is 14.1. The summed E-state index contributed by atoms with van der Waals surface area (Å²) in [6.45, 7) is 0. The van der Waals surface area contributed by atoms with Crippen molar-refractivity contribution in [3.05, 3.63) is 60.2 Å². The van der Waals surface area contributed by atoms with Gasteiger partial charge < -0.3 is 10.6 Å². The van der Waals surface area contributed by atoms with E-state index in [1.54, 1.807) is 0 Å². The molecule has 2 N–H and O–H groups in total. The minimum atomic E-state index is -0.422. The molecule has 4 rings (SSSR count). The van der Waals surface area contributed by atoms with Crippen molar-refractivity contribution in [2.24, 2.45) is 5.92 Å². The van der Waals surface area contributed by atoms with E-state index in [0.29, 0.717) is 0 Å². The Hall–Kier alpha value is -2.62. The minimum absolute atomic E-state index is 0.0376. The zero-order valence-electron chi connectivity index (χ0n) is 14.1. The fourth-order valence-electron chi connectivity index (χ4n) is 3.45. The van der Waals surface area contributed by atoms with Crippen LogP contribution < -0.4 is 10.6 Å². The van der Waals surface area contributed by atoms with Crippen LogP contribution in [-0.2, 0) is 15.0 Å². The summed E-state index contributed by atoms with van der Waals surface area (Å²) < 4.78 is 0. The molecule has 25 heavy (non-hydrogen) atoms. The topological polar surface area (TPSA) is 58.2 Å². The number of carbonyl (C=O) groups is 2. The van der Waals surface area contributed by atoms with E-state index in [0.717, 1.165) is 49.0 Å². The molecule has 0 bridgehead atoms. The maximum atomic E-state index is 13.0. The van der Waals surface area contributed by atoms with Gasteiger partial charge in [-0.1, -0.05) is 42.8 Å². The van der Waals surface area contributed by atoms with Crippen LogP contribution in [-0.4, -0.2) is 11.8 Å². The number of rotatable bonds is 5. The molecular weight excluding hydrogens is 312 g/mol. The van der Waals surface area contributed by atoms with Crippen LogP contribution in [0.1, 0.15) is 37.7 Å². The minimum Gasteiger partial charge on any atom is -0.326 e. The molecule has 2 saturated carbocycles. The number of hydrogen-bond donors (Lipinski definition) is 2. The lowest BCUT2D eigenvalue weighted by molar-refractivity contribution is -0.124. The number of hydrogen-bond acceptors (Lipinski definition) is 2. The molecule has 0 aromatic heterocycles. The van der Waals surface area contributed by atoms with Crippen molar-refractivity contribution in [2.75, 3.05) is 10.6 Å². The Kier molecular flexibility index (Phi) is 4.04. The molecular formula is C21H22N2O2. The molecule has 2 aromatic rings. The molecule has 0 atom stereocenters. The zero-order chi connectivity index (χ0) is 17.3. The molecule has 2 aliphatic rings. The summed E-state index contributed by atoms with van der Waals surface area (Å²) in [7, 11) is 0. The quantitative estimate of drug-likeness (QED) is 0.865. The Morgan fingerprint density at radius 1 is 0.880 bits per heavy atom. The van der Waals surface area contributed by atoms with E-state index < -0.39 is 5.41 Å². The summed E-state index contributed by atoms with van der Waals surface area (Å²) in [6, 6.07) is 17.4. The van der Waals surface area contributed by atoms with Crippen molar-refractivity contribution in [3.8, 4) is 0 Å². The normalized spacial score (nSPS) is 18.1. The van der Waals surface area contributed by atoms with Gasteiger partial charge in [-0.15, -0.1) is 0 Å². The monoisotopic (exact) mass is 334 g/mol. The van der Waals surface area contributed by atoms with Gasteiger partial charge in [0.05, 0.1) is 5.41 Å². The van der Waals surface area contributed by atoms with Crippen LogP contribution in [0.25, 0.3) is 0 Å². The van der Waals surface area contributed by atoms with E-state index >= 15 is 0 Å². The maximum Gasteiger partial charge on any atom is 0.235 e. The van der Waals surface area contributed by atoms with Crippen LogP contribution in [0.3, 0.4) is 0 Å². The fraction of sp³-hybridized carbons (Fsp3) is 0.333. The van der Waals surface area contributed by atoms with Crippen molar-refractivity contribution in [1.82, 2.24) is 0 Å². The van der Waals surface area contributed by atoms with Crippen LogP contribution in [0, 0.1) is 5.92 Å². The lowest BCUT2D eigenvalue weighted by Gasteiger charge is -2.40. The van der Waals surface area contributed by atoms with Gasteiger partial charge in [-0.25, -0.2) is 0 Å². The predicted molar refractivity (Wildman–Crippen MR) is 98.4 cm³/mol. The van der Waals surface area contributed by atoms with E-state index in [1.165, 1.54) is 0 Å². The van der Waals surface area contributed by atoms with Gasteiger partial charge in [-0.2, -0.15) is 0 Å². The molecule has 128 valence electrons. The first-order chi connectivity index (χ1) is 12.2. The van der Waals surface area contributed by atoms with E-state index in [-0.39, 0.29) is 17.7 Å². The maximum absolute atomic E-state index is 13.0. The van der Waals surface area contributed by atoms with Gasteiger partial charge in [0.1, 0.15) is 0 Å². The van der Waals surface area contributed by atoms with Crippen LogP contribution in [0.2, 0.25) is 0 Å². The average molecular weight is 334 g/mol. The molecule has 2 aromatic carbocycles. The Morgan fingerprint density at radius 2 is 1.56 bits per heavy atom. The Labute approximate surface area is 147 Å². The lowest BCUT2D eigenvalue weighted by Crippen LogP contribution is -2.45. The van der Waals surface area contributed by atoms with Gasteiger partial charge in [0.25, 0.3) is 0 Å². The second-order valence-corrected chi connectivity index (χ2v) is 7.10. The third-order valence-corrected chi connectivity index (χ3v) is 5.30. The second-order valence-electron chi connectivity index (χ2n) is 7.10. The SMILES string of the molecule is O=C(Nc1cccc(NC(=O)C2(c3ccccc3)CCC2)c1)C1CC1. The standard InChI is InChI=1S/C21H22N2O2/c24-19(15-10-11-15)22-17-8-4-9-18(14-17)23-20(25)21(12-5-13-21)16-6-2-1-3-7-16/h1-4,6-9,14-15H,5,10-13H2,(H,22,24)(H,23,25). The van der Waals surface area contributed by atoms with Crippen molar-refractivity contribution in [1.29, 1.82) is 0 Å². The molecule has 0 unspecified atom stereocenters. The van der Waals surface area contributed by atoms with Crippen LogP contribution in [0.15, 0.2) is 54.6 Å². The summed E-state index contributed by atoms with van der Waals surface area (Å²) in [5.41, 5.74) is 2.11. The molecule has 0 heterocycles. The van der Waals surface area contributed by atoms with E-state index in [9.17, 15) is 9.59 Å². The van der Waals surface area contributed by atoms with Gasteiger partial charge in [-0.3, -0.25) is 9.59 Å². The smallest absolute Gasteiger partial charge is 0.235 e. The molecule has 2 fully saturated rings. The highest BCUT2D eigenvalue weighted by molar-refractivity contribution is 6.01. The molecule has 0 saturated heterocycles. The second kappa shape index (κ2) is 6.36. The first-order valence-corrected chi connectivity index (χ1v) is 8.95. The summed E-state index contributed by atoms with van der Waals surface area (Å²) in [4.78, 5) is 24.9. The van der Waals surface area contributed by atoms with Gasteiger partial charge in [0.2, 0.25) is 11.8 Å². The van der Waals surface area contributed by atoms with Crippen molar-refractivity contribution in [2.45, 2.75) is 37.5 Å². The highest BCUT2D eigenvalue weighted by atomic mass is 16.2. The molecule has 0 aliphatic heterocycles. The Morgan fingerprint density at radius 3 is 2.16 bits per heavy atom. The molecule has 4 heteroatoms. The lowest BCUT2D eigenvalue weighted by atomic mass is 9.64. The van der Waals surface area contributed by atoms with Crippen molar-refractivity contribution < 1.29 is 9.59 Å². The van der Waals surface area contributed by atoms with Crippen LogP contribution in [0.5, 0.6) is 0 Å². The van der Waals surface area contributed by atoms with Crippen molar-refractivity contribution in [3.63, 3.8) is 0 Å². The van der Waals surface area contributed by atoms with Crippen molar-refractivity contribution >= 4 is 23.2 Å². The Balaban J connectivity index is 1.49. The molecule has 2 amide bonds. The molecule has 2 aliphatic carbocycles. The first-order valence-electron chi connectivity index (χ1n) is 8.95. The molecule has 0 spiro atoms. The number of benzene rings is 2. The van der Waals surface area contributed by atoms with Gasteiger partial charge in [0, 0.05) is 17.3 Å². The summed E-state index contributed by atoms with van der Waals surface area (Å²) in [5.74, 6) is 0.272. The largest absolute Gasteiger partial charge is 0.326 e. The highest BCUT2D eigenvalue weighted by Crippen LogP contribution is 2.44. The predicted octanol–water partition coefficient (Wildman–Crippen LogP) is 4.10. The first kappa shape index (κ1) is 15.9. The molecule has 4 nitrogen and oxygen atoms in total. The van der Waals surface area contributed by atoms with E-state index in [2.05, 4.69) is 10.6 Å². The highest BCUT2D eigenvalue weighted by Gasteiger charge is 2.45. The van der Waals surface area contributed by atoms with Gasteiger partial charge in [-0.05, 0) is 49.4 Å². The van der Waals surface area contributed by atoms with E-state index in [4.69, 9.17) is 0 Å². The third-order valence-electron chi connectivity index (χ3n) is 5.30. The number of carbonyl (C=O) groups excluding carboxylic acids is 2. The van der Waals surface area contributed by atoms with Gasteiger partial charge in [0.15, 0.2) is 0 Å². The number of anilines is 2. The summed E-state index contributed by atoms with van der Waals surface area (Å²) >= 11 is 0. The third kappa shape index (κ3) is 3.16. The number of amides is 2. The Bertz CT molecular complexity index is 793. The van der Waals surface area contributed by atoms with E-state index in [1.807, 2.05) is 54.6 Å². The summed E-state index contributed by atoms with van der Waals surface area (Å²) in [6.07, 6.45) is 4.77. The average Bonchev–Trinajstić information content (AvgIpc) is 3.40. The fourth-order valence-corrected chi connectivity index (χ4v) is 3.45.